The molecule has 0 saturated carbocycles. The molecule has 1 amide bonds. The molecule has 2 aliphatic heterocycles. The highest BCUT2D eigenvalue weighted by Crippen LogP contribution is 2.40. The molecule has 2 heterocycles. The van der Waals surface area contributed by atoms with E-state index >= 15 is 0 Å². The molecule has 2 fully saturated rings. The Kier molecular flexibility index (Phi) is 1.95. The Morgan fingerprint density at radius 3 is 2.93 bits per heavy atom. The SMILES string of the molecule is N[C@]1(C(=O)O)/C(=C/CO)O[C@@H]2CC(=O)N21. The van der Waals surface area contributed by atoms with Crippen molar-refractivity contribution in [2.45, 2.75) is 18.3 Å². The zero-order chi connectivity index (χ0) is 11.2. The molecule has 15 heavy (non-hydrogen) atoms. The van der Waals surface area contributed by atoms with Gasteiger partial charge in [0.05, 0.1) is 13.0 Å². The largest absolute Gasteiger partial charge is 0.478 e. The van der Waals surface area contributed by atoms with E-state index < -0.39 is 24.5 Å². The van der Waals surface area contributed by atoms with Crippen molar-refractivity contribution < 1.29 is 24.5 Å². The number of carboxylic acids is 1. The second-order valence-electron chi connectivity index (χ2n) is 3.36. The van der Waals surface area contributed by atoms with Crippen LogP contribution in [0.15, 0.2) is 11.8 Å². The molecule has 4 N–H and O–H groups in total. The van der Waals surface area contributed by atoms with Crippen LogP contribution in [0.4, 0.5) is 0 Å². The van der Waals surface area contributed by atoms with Gasteiger partial charge in [0.1, 0.15) is 5.76 Å². The number of carboxylic acid groups (broad SMARTS) is 1. The van der Waals surface area contributed by atoms with Crippen molar-refractivity contribution in [3.8, 4) is 0 Å². The molecule has 2 aliphatic rings. The van der Waals surface area contributed by atoms with Gasteiger partial charge in [0.2, 0.25) is 5.91 Å². The fourth-order valence-corrected chi connectivity index (χ4v) is 1.76. The number of carbonyl (C=O) groups excluding carboxylic acids is 1. The highest BCUT2D eigenvalue weighted by Gasteiger charge is 2.62. The monoisotopic (exact) mass is 214 g/mol. The van der Waals surface area contributed by atoms with Gasteiger partial charge in [-0.15, -0.1) is 0 Å². The lowest BCUT2D eigenvalue weighted by atomic mass is 10.0. The quantitative estimate of drug-likeness (QED) is 0.467. The summed E-state index contributed by atoms with van der Waals surface area (Å²) in [6, 6.07) is 0. The molecule has 0 bridgehead atoms. The van der Waals surface area contributed by atoms with Gasteiger partial charge in [-0.2, -0.15) is 0 Å². The van der Waals surface area contributed by atoms with Gasteiger partial charge >= 0.3 is 5.97 Å². The standard InChI is InChI=1S/C8H10N2O5/c9-8(7(13)14)4(1-2-11)15-6-3-5(12)10(6)8/h1,6,11H,2-3,9H2,(H,13,14)/b4-1-/t6-,8-/m1/s1. The van der Waals surface area contributed by atoms with Crippen LogP contribution in [0.5, 0.6) is 0 Å². The van der Waals surface area contributed by atoms with Crippen LogP contribution in [0.3, 0.4) is 0 Å². The van der Waals surface area contributed by atoms with E-state index in [4.69, 9.17) is 20.7 Å². The topological polar surface area (TPSA) is 113 Å². The summed E-state index contributed by atoms with van der Waals surface area (Å²) in [6.07, 6.45) is 0.658. The highest BCUT2D eigenvalue weighted by molar-refractivity contribution is 5.93. The van der Waals surface area contributed by atoms with Crippen molar-refractivity contribution in [3.63, 3.8) is 0 Å². The summed E-state index contributed by atoms with van der Waals surface area (Å²) in [4.78, 5) is 23.2. The van der Waals surface area contributed by atoms with Crippen molar-refractivity contribution in [2.24, 2.45) is 5.73 Å². The predicted octanol–water partition coefficient (Wildman–Crippen LogP) is -1.81. The smallest absolute Gasteiger partial charge is 0.353 e. The Labute approximate surface area is 84.7 Å². The lowest BCUT2D eigenvalue weighted by Crippen LogP contribution is -2.67. The molecular weight excluding hydrogens is 204 g/mol. The lowest BCUT2D eigenvalue weighted by molar-refractivity contribution is -0.170. The van der Waals surface area contributed by atoms with Gasteiger partial charge in [-0.3, -0.25) is 15.4 Å². The number of amides is 1. The summed E-state index contributed by atoms with van der Waals surface area (Å²) in [5, 5.41) is 17.7. The van der Waals surface area contributed by atoms with E-state index in [-0.39, 0.29) is 18.1 Å². The normalized spacial score (nSPS) is 36.1. The van der Waals surface area contributed by atoms with Crippen LogP contribution in [-0.2, 0) is 14.3 Å². The number of hydrogen-bond acceptors (Lipinski definition) is 5. The number of hydrogen-bond donors (Lipinski definition) is 3. The molecule has 7 nitrogen and oxygen atoms in total. The minimum Gasteiger partial charge on any atom is -0.478 e. The van der Waals surface area contributed by atoms with E-state index in [1.165, 1.54) is 0 Å². The van der Waals surface area contributed by atoms with Crippen LogP contribution in [0.1, 0.15) is 6.42 Å². The van der Waals surface area contributed by atoms with E-state index in [0.717, 1.165) is 11.0 Å². The molecule has 0 aromatic heterocycles. The minimum atomic E-state index is -1.97. The number of ether oxygens (including phenoxy) is 1. The van der Waals surface area contributed by atoms with Crippen molar-refractivity contribution in [2.75, 3.05) is 6.61 Å². The third-order valence-electron chi connectivity index (χ3n) is 2.53. The molecule has 7 heteroatoms. The molecule has 0 aromatic rings. The van der Waals surface area contributed by atoms with Crippen LogP contribution >= 0.6 is 0 Å². The highest BCUT2D eigenvalue weighted by atomic mass is 16.5. The van der Waals surface area contributed by atoms with Crippen LogP contribution in [0.2, 0.25) is 0 Å². The third-order valence-corrected chi connectivity index (χ3v) is 2.53. The van der Waals surface area contributed by atoms with Crippen LogP contribution in [0, 0.1) is 0 Å². The number of nitrogens with zero attached hydrogens (tertiary/aromatic N) is 1. The number of aliphatic carboxylic acids is 1. The first kappa shape index (κ1) is 9.94. The van der Waals surface area contributed by atoms with Gasteiger partial charge in [0, 0.05) is 0 Å². The Balaban J connectivity index is 2.41. The Hall–Kier alpha value is -1.60. The molecule has 2 rings (SSSR count). The summed E-state index contributed by atoms with van der Waals surface area (Å²) in [6.45, 7) is -0.393. The Morgan fingerprint density at radius 2 is 2.47 bits per heavy atom. The fraction of sp³-hybridized carbons (Fsp3) is 0.500. The average molecular weight is 214 g/mol. The van der Waals surface area contributed by atoms with E-state index in [2.05, 4.69) is 0 Å². The fourth-order valence-electron chi connectivity index (χ4n) is 1.76. The summed E-state index contributed by atoms with van der Waals surface area (Å²) >= 11 is 0. The number of aliphatic hydroxyl groups excluding tert-OH is 1. The molecule has 0 unspecified atom stereocenters. The number of aliphatic hydroxyl groups is 1. The van der Waals surface area contributed by atoms with Gasteiger partial charge in [-0.05, 0) is 6.08 Å². The molecule has 2 saturated heterocycles. The number of fused-ring (bicyclic) bond motifs is 1. The number of β-lactam (4-membered cyclic amide) rings is 1. The first-order valence-corrected chi connectivity index (χ1v) is 4.34. The maximum Gasteiger partial charge on any atom is 0.353 e. The van der Waals surface area contributed by atoms with Crippen molar-refractivity contribution >= 4 is 11.9 Å². The van der Waals surface area contributed by atoms with E-state index in [9.17, 15) is 9.59 Å². The Bertz CT molecular complexity index is 366. The van der Waals surface area contributed by atoms with Crippen molar-refractivity contribution in [1.29, 1.82) is 0 Å². The predicted molar refractivity (Wildman–Crippen MR) is 46.1 cm³/mol. The van der Waals surface area contributed by atoms with Gasteiger partial charge in [-0.25, -0.2) is 4.79 Å². The summed E-state index contributed by atoms with van der Waals surface area (Å²) in [5.74, 6) is -1.84. The molecule has 0 spiro atoms. The lowest BCUT2D eigenvalue weighted by Gasteiger charge is -2.37. The van der Waals surface area contributed by atoms with Gasteiger partial charge < -0.3 is 14.9 Å². The second kappa shape index (κ2) is 2.94. The number of nitrogens with two attached hydrogens (primary N) is 1. The zero-order valence-corrected chi connectivity index (χ0v) is 7.71. The second-order valence-corrected chi connectivity index (χ2v) is 3.36. The number of rotatable bonds is 2. The third kappa shape index (κ3) is 1.07. The molecule has 0 radical (unpaired) electrons. The van der Waals surface area contributed by atoms with E-state index in [1.807, 2.05) is 0 Å². The molecular formula is C8H10N2O5. The maximum absolute atomic E-state index is 11.2. The molecule has 0 aliphatic carbocycles. The summed E-state index contributed by atoms with van der Waals surface area (Å²) < 4.78 is 5.15. The molecule has 0 aromatic carbocycles. The van der Waals surface area contributed by atoms with Gasteiger partial charge in [-0.1, -0.05) is 0 Å². The summed E-state index contributed by atoms with van der Waals surface area (Å²) in [5.41, 5.74) is 3.64. The average Bonchev–Trinajstić information content (AvgIpc) is 2.36. The molecule has 2 atom stereocenters. The minimum absolute atomic E-state index is 0.0895. The van der Waals surface area contributed by atoms with Crippen LogP contribution in [0.25, 0.3) is 0 Å². The van der Waals surface area contributed by atoms with Gasteiger partial charge in [0.25, 0.3) is 5.66 Å². The first-order valence-electron chi connectivity index (χ1n) is 4.34. The first-order chi connectivity index (χ1) is 7.01. The van der Waals surface area contributed by atoms with Crippen LogP contribution < -0.4 is 5.73 Å². The maximum atomic E-state index is 11.2. The van der Waals surface area contributed by atoms with Crippen molar-refractivity contribution in [1.82, 2.24) is 4.90 Å². The van der Waals surface area contributed by atoms with Crippen molar-refractivity contribution in [3.05, 3.63) is 11.8 Å². The Morgan fingerprint density at radius 1 is 1.80 bits per heavy atom. The van der Waals surface area contributed by atoms with Crippen LogP contribution in [-0.4, -0.2) is 45.5 Å². The zero-order valence-electron chi connectivity index (χ0n) is 7.71. The summed E-state index contributed by atoms with van der Waals surface area (Å²) in [7, 11) is 0. The molecule has 82 valence electrons. The number of carbonyl (C=O) groups is 2. The van der Waals surface area contributed by atoms with E-state index in [1.54, 1.807) is 0 Å². The van der Waals surface area contributed by atoms with E-state index in [0.29, 0.717) is 0 Å². The van der Waals surface area contributed by atoms with Gasteiger partial charge in [0.15, 0.2) is 6.23 Å².